The van der Waals surface area contributed by atoms with Gasteiger partial charge in [-0.2, -0.15) is 0 Å². The van der Waals surface area contributed by atoms with Crippen molar-refractivity contribution in [3.05, 3.63) is 48.0 Å². The van der Waals surface area contributed by atoms with Crippen molar-refractivity contribution in [2.75, 3.05) is 31.1 Å². The number of carbonyl (C=O) groups is 1. The zero-order valence-electron chi connectivity index (χ0n) is 16.5. The Kier molecular flexibility index (Phi) is 6.41. The summed E-state index contributed by atoms with van der Waals surface area (Å²) in [5.74, 6) is 0.822. The van der Waals surface area contributed by atoms with E-state index in [1.807, 2.05) is 49.4 Å². The maximum Gasteiger partial charge on any atom is 0.407 e. The van der Waals surface area contributed by atoms with Gasteiger partial charge in [0.2, 0.25) is 0 Å². The molecule has 2 N–H and O–H groups in total. The molecule has 1 amide bonds. The Balaban J connectivity index is 1.93. The maximum atomic E-state index is 11.3. The fraction of sp³-hybridized carbons (Fsp3) is 0.409. The average molecular weight is 384 g/mol. The molecule has 0 aliphatic carbocycles. The molecular weight excluding hydrogens is 356 g/mol. The lowest BCUT2D eigenvalue weighted by molar-refractivity contribution is 0.134. The molecule has 1 aliphatic heterocycles. The minimum absolute atomic E-state index is 0.0739. The molecular formula is C22H28N2O4. The van der Waals surface area contributed by atoms with E-state index in [1.165, 1.54) is 4.90 Å². The van der Waals surface area contributed by atoms with Gasteiger partial charge in [0.05, 0.1) is 13.2 Å². The summed E-state index contributed by atoms with van der Waals surface area (Å²) in [6.45, 7) is 6.10. The van der Waals surface area contributed by atoms with Crippen molar-refractivity contribution in [1.29, 1.82) is 0 Å². The molecule has 150 valence electrons. The van der Waals surface area contributed by atoms with Gasteiger partial charge in [-0.15, -0.1) is 0 Å². The van der Waals surface area contributed by atoms with Gasteiger partial charge in [0, 0.05) is 42.5 Å². The number of piperazine rings is 1. The van der Waals surface area contributed by atoms with Crippen molar-refractivity contribution in [3.8, 4) is 16.9 Å². The number of carboxylic acid groups (broad SMARTS) is 1. The molecule has 1 aliphatic rings. The molecule has 0 radical (unpaired) electrons. The van der Waals surface area contributed by atoms with E-state index in [0.717, 1.165) is 34.5 Å². The fourth-order valence-electron chi connectivity index (χ4n) is 3.84. The number of hydrogen-bond donors (Lipinski definition) is 2. The van der Waals surface area contributed by atoms with E-state index in [2.05, 4.69) is 11.8 Å². The first-order chi connectivity index (χ1) is 13.6. The van der Waals surface area contributed by atoms with Crippen LogP contribution < -0.4 is 9.64 Å². The van der Waals surface area contributed by atoms with Gasteiger partial charge in [0.1, 0.15) is 5.75 Å². The SMILES string of the molecule is CCOc1ccccc1-c1ccc(N2CCN(C(=O)O)C[C@H]2CC)c(CO)c1. The van der Waals surface area contributed by atoms with E-state index in [0.29, 0.717) is 26.2 Å². The second kappa shape index (κ2) is 8.97. The first kappa shape index (κ1) is 20.0. The summed E-state index contributed by atoms with van der Waals surface area (Å²) < 4.78 is 5.75. The summed E-state index contributed by atoms with van der Waals surface area (Å²) in [6.07, 6.45) is -0.0350. The van der Waals surface area contributed by atoms with Gasteiger partial charge < -0.3 is 24.7 Å². The van der Waals surface area contributed by atoms with Crippen molar-refractivity contribution >= 4 is 11.8 Å². The standard InChI is InChI=1S/C22H28N2O4/c1-3-18-14-23(22(26)27)11-12-24(18)20-10-9-16(13-17(20)15-25)19-7-5-6-8-21(19)28-4-2/h5-10,13,18,25H,3-4,11-12,14-15H2,1-2H3,(H,26,27)/t18-/m1/s1. The predicted molar refractivity (Wildman–Crippen MR) is 110 cm³/mol. The highest BCUT2D eigenvalue weighted by molar-refractivity contribution is 5.74. The van der Waals surface area contributed by atoms with E-state index < -0.39 is 6.09 Å². The second-order valence-electron chi connectivity index (χ2n) is 6.91. The molecule has 1 heterocycles. The van der Waals surface area contributed by atoms with E-state index in [1.54, 1.807) is 0 Å². The highest BCUT2D eigenvalue weighted by atomic mass is 16.5. The third-order valence-corrected chi connectivity index (χ3v) is 5.28. The molecule has 6 nitrogen and oxygen atoms in total. The highest BCUT2D eigenvalue weighted by Crippen LogP contribution is 2.34. The van der Waals surface area contributed by atoms with Crippen molar-refractivity contribution in [3.63, 3.8) is 0 Å². The number of rotatable bonds is 6. The average Bonchev–Trinajstić information content (AvgIpc) is 2.73. The van der Waals surface area contributed by atoms with Crippen molar-refractivity contribution in [2.45, 2.75) is 32.9 Å². The van der Waals surface area contributed by atoms with E-state index in [9.17, 15) is 15.0 Å². The topological polar surface area (TPSA) is 73.2 Å². The number of anilines is 1. The van der Waals surface area contributed by atoms with Crippen LogP contribution in [0.3, 0.4) is 0 Å². The summed E-state index contributed by atoms with van der Waals surface area (Å²) in [5.41, 5.74) is 3.80. The predicted octanol–water partition coefficient (Wildman–Crippen LogP) is 3.82. The van der Waals surface area contributed by atoms with Crippen LogP contribution in [0.1, 0.15) is 25.8 Å². The zero-order valence-corrected chi connectivity index (χ0v) is 16.5. The Morgan fingerprint density at radius 2 is 1.96 bits per heavy atom. The van der Waals surface area contributed by atoms with Crippen LogP contribution >= 0.6 is 0 Å². The fourth-order valence-corrected chi connectivity index (χ4v) is 3.84. The molecule has 1 atom stereocenters. The van der Waals surface area contributed by atoms with Crippen molar-refractivity contribution in [2.24, 2.45) is 0 Å². The van der Waals surface area contributed by atoms with Gasteiger partial charge in [0.15, 0.2) is 0 Å². The molecule has 1 saturated heterocycles. The van der Waals surface area contributed by atoms with Crippen LogP contribution in [0.5, 0.6) is 5.75 Å². The molecule has 28 heavy (non-hydrogen) atoms. The van der Waals surface area contributed by atoms with E-state index in [4.69, 9.17) is 4.74 Å². The van der Waals surface area contributed by atoms with Crippen LogP contribution in [-0.4, -0.2) is 53.5 Å². The number of hydrogen-bond acceptors (Lipinski definition) is 4. The lowest BCUT2D eigenvalue weighted by Gasteiger charge is -2.42. The van der Waals surface area contributed by atoms with Crippen LogP contribution in [0, 0.1) is 0 Å². The van der Waals surface area contributed by atoms with Gasteiger partial charge in [-0.1, -0.05) is 31.2 Å². The largest absolute Gasteiger partial charge is 0.493 e. The Morgan fingerprint density at radius 1 is 1.18 bits per heavy atom. The van der Waals surface area contributed by atoms with Gasteiger partial charge in [-0.3, -0.25) is 0 Å². The van der Waals surface area contributed by atoms with Crippen molar-refractivity contribution < 1.29 is 19.7 Å². The summed E-state index contributed by atoms with van der Waals surface area (Å²) in [5, 5.41) is 19.3. The van der Waals surface area contributed by atoms with E-state index >= 15 is 0 Å². The quantitative estimate of drug-likeness (QED) is 0.792. The molecule has 0 bridgehead atoms. The Morgan fingerprint density at radius 3 is 2.64 bits per heavy atom. The summed E-state index contributed by atoms with van der Waals surface area (Å²) in [4.78, 5) is 15.0. The van der Waals surface area contributed by atoms with Gasteiger partial charge in [-0.25, -0.2) is 4.79 Å². The number of aliphatic hydroxyl groups is 1. The minimum atomic E-state index is -0.872. The first-order valence-electron chi connectivity index (χ1n) is 9.79. The maximum absolute atomic E-state index is 11.3. The summed E-state index contributed by atoms with van der Waals surface area (Å²) in [7, 11) is 0. The van der Waals surface area contributed by atoms with Crippen LogP contribution in [-0.2, 0) is 6.61 Å². The summed E-state index contributed by atoms with van der Waals surface area (Å²) in [6, 6.07) is 14.1. The first-order valence-corrected chi connectivity index (χ1v) is 9.79. The molecule has 2 aromatic carbocycles. The van der Waals surface area contributed by atoms with Crippen LogP contribution in [0.2, 0.25) is 0 Å². The summed E-state index contributed by atoms with van der Waals surface area (Å²) >= 11 is 0. The minimum Gasteiger partial charge on any atom is -0.493 e. The number of ether oxygens (including phenoxy) is 1. The third kappa shape index (κ3) is 4.07. The lowest BCUT2D eigenvalue weighted by Crippen LogP contribution is -2.54. The Hall–Kier alpha value is -2.73. The highest BCUT2D eigenvalue weighted by Gasteiger charge is 2.29. The van der Waals surface area contributed by atoms with E-state index in [-0.39, 0.29) is 12.6 Å². The van der Waals surface area contributed by atoms with Crippen LogP contribution in [0.15, 0.2) is 42.5 Å². The molecule has 6 heteroatoms. The Bertz CT molecular complexity index is 824. The number of aliphatic hydroxyl groups excluding tert-OH is 1. The monoisotopic (exact) mass is 384 g/mol. The van der Waals surface area contributed by atoms with Gasteiger partial charge in [0.25, 0.3) is 0 Å². The zero-order chi connectivity index (χ0) is 20.1. The second-order valence-corrected chi connectivity index (χ2v) is 6.91. The molecule has 0 unspecified atom stereocenters. The molecule has 0 aromatic heterocycles. The lowest BCUT2D eigenvalue weighted by atomic mass is 9.99. The number of para-hydroxylation sites is 1. The smallest absolute Gasteiger partial charge is 0.407 e. The van der Waals surface area contributed by atoms with Gasteiger partial charge >= 0.3 is 6.09 Å². The molecule has 0 spiro atoms. The third-order valence-electron chi connectivity index (χ3n) is 5.28. The van der Waals surface area contributed by atoms with Crippen LogP contribution in [0.25, 0.3) is 11.1 Å². The number of nitrogens with zero attached hydrogens (tertiary/aromatic N) is 2. The van der Waals surface area contributed by atoms with Crippen molar-refractivity contribution in [1.82, 2.24) is 4.90 Å². The molecule has 2 aromatic rings. The number of benzene rings is 2. The van der Waals surface area contributed by atoms with Gasteiger partial charge in [-0.05, 0) is 37.1 Å². The Labute approximate surface area is 166 Å². The number of amides is 1. The molecule has 3 rings (SSSR count). The normalized spacial score (nSPS) is 16.9. The molecule has 1 fully saturated rings. The van der Waals surface area contributed by atoms with Crippen LogP contribution in [0.4, 0.5) is 10.5 Å². The molecule has 0 saturated carbocycles.